The first-order valence-corrected chi connectivity index (χ1v) is 8.44. The normalized spacial score (nSPS) is 13.2. The number of rotatable bonds is 4. The van der Waals surface area contributed by atoms with Crippen molar-refractivity contribution in [2.24, 2.45) is 5.41 Å². The molecule has 0 bridgehead atoms. The van der Waals surface area contributed by atoms with Crippen molar-refractivity contribution < 1.29 is 0 Å². The van der Waals surface area contributed by atoms with Gasteiger partial charge in [0.1, 0.15) is 5.52 Å². The summed E-state index contributed by atoms with van der Waals surface area (Å²) in [5.74, 6) is 0.514. The van der Waals surface area contributed by atoms with Crippen LogP contribution >= 0.6 is 12.4 Å². The number of aromatic nitrogens is 3. The SMILES string of the molecule is CCCC[C@@H](n1cnc2c(N)nc3ccccc3c21)C(C)(C)C.Cl. The average Bonchev–Trinajstić information content (AvgIpc) is 2.92. The van der Waals surface area contributed by atoms with Gasteiger partial charge < -0.3 is 10.3 Å². The van der Waals surface area contributed by atoms with Crippen molar-refractivity contribution >= 4 is 40.2 Å². The van der Waals surface area contributed by atoms with E-state index in [2.05, 4.69) is 54.4 Å². The maximum absolute atomic E-state index is 6.16. The van der Waals surface area contributed by atoms with Crippen LogP contribution in [0.15, 0.2) is 30.6 Å². The Balaban J connectivity index is 0.00000208. The lowest BCUT2D eigenvalue weighted by molar-refractivity contribution is 0.229. The van der Waals surface area contributed by atoms with Crippen LogP contribution in [0, 0.1) is 5.41 Å². The minimum absolute atomic E-state index is 0. The molecule has 0 aliphatic carbocycles. The number of unbranched alkanes of at least 4 members (excludes halogenated alkanes) is 1. The molecular formula is C19H27ClN4. The number of nitrogens with zero attached hydrogens (tertiary/aromatic N) is 3. The van der Waals surface area contributed by atoms with E-state index in [9.17, 15) is 0 Å². The largest absolute Gasteiger partial charge is 0.382 e. The number of fused-ring (bicyclic) bond motifs is 3. The van der Waals surface area contributed by atoms with Gasteiger partial charge in [0.25, 0.3) is 0 Å². The third-order valence-electron chi connectivity index (χ3n) is 4.60. The van der Waals surface area contributed by atoms with Gasteiger partial charge in [-0.15, -0.1) is 12.4 Å². The highest BCUT2D eigenvalue weighted by molar-refractivity contribution is 6.06. The van der Waals surface area contributed by atoms with Crippen molar-refractivity contribution in [3.8, 4) is 0 Å². The standard InChI is InChI=1S/C19H26N4.ClH/c1-5-6-11-15(19(2,3)4)23-12-21-16-17(23)13-9-7-8-10-14(13)22-18(16)20;/h7-10,12,15H,5-6,11H2,1-4H3,(H2,20,22);1H/t15-;/m1./s1. The zero-order valence-corrected chi connectivity index (χ0v) is 15.7. The van der Waals surface area contributed by atoms with Crippen LogP contribution in [0.1, 0.15) is 53.0 Å². The van der Waals surface area contributed by atoms with Crippen LogP contribution in [0.3, 0.4) is 0 Å². The van der Waals surface area contributed by atoms with Gasteiger partial charge in [0.05, 0.1) is 17.4 Å². The Labute approximate surface area is 149 Å². The molecule has 0 amide bonds. The third-order valence-corrected chi connectivity index (χ3v) is 4.60. The van der Waals surface area contributed by atoms with Crippen LogP contribution in [0.2, 0.25) is 0 Å². The summed E-state index contributed by atoms with van der Waals surface area (Å²) in [6.07, 6.45) is 5.49. The Morgan fingerprint density at radius 3 is 2.58 bits per heavy atom. The molecule has 0 spiro atoms. The number of hydrogen-bond donors (Lipinski definition) is 1. The molecule has 1 aromatic carbocycles. The fourth-order valence-corrected chi connectivity index (χ4v) is 3.39. The number of para-hydroxylation sites is 1. The van der Waals surface area contributed by atoms with Crippen LogP contribution in [-0.2, 0) is 0 Å². The Kier molecular flexibility index (Phi) is 5.38. The van der Waals surface area contributed by atoms with Gasteiger partial charge in [-0.25, -0.2) is 9.97 Å². The van der Waals surface area contributed by atoms with Crippen LogP contribution in [0.5, 0.6) is 0 Å². The predicted molar refractivity (Wildman–Crippen MR) is 105 cm³/mol. The van der Waals surface area contributed by atoms with Crippen molar-refractivity contribution in [3.05, 3.63) is 30.6 Å². The molecule has 0 saturated heterocycles. The second-order valence-corrected chi connectivity index (χ2v) is 7.39. The van der Waals surface area contributed by atoms with E-state index < -0.39 is 0 Å². The molecule has 3 aromatic rings. The maximum Gasteiger partial charge on any atom is 0.152 e. The monoisotopic (exact) mass is 346 g/mol. The van der Waals surface area contributed by atoms with Crippen LogP contribution in [-0.4, -0.2) is 14.5 Å². The summed E-state index contributed by atoms with van der Waals surface area (Å²) in [6.45, 7) is 9.13. The molecule has 0 fully saturated rings. The molecule has 130 valence electrons. The molecule has 2 aromatic heterocycles. The minimum atomic E-state index is 0. The summed E-state index contributed by atoms with van der Waals surface area (Å²) in [5, 5.41) is 1.12. The molecule has 1 atom stereocenters. The van der Waals surface area contributed by atoms with Gasteiger partial charge in [-0.1, -0.05) is 58.7 Å². The zero-order chi connectivity index (χ0) is 16.6. The van der Waals surface area contributed by atoms with Gasteiger partial charge in [-0.2, -0.15) is 0 Å². The highest BCUT2D eigenvalue weighted by Crippen LogP contribution is 2.38. The number of nitrogen functional groups attached to an aromatic ring is 1. The highest BCUT2D eigenvalue weighted by Gasteiger charge is 2.28. The van der Waals surface area contributed by atoms with Crippen LogP contribution in [0.4, 0.5) is 5.82 Å². The maximum atomic E-state index is 6.16. The average molecular weight is 347 g/mol. The van der Waals surface area contributed by atoms with Crippen LogP contribution in [0.25, 0.3) is 21.9 Å². The molecular weight excluding hydrogens is 320 g/mol. The fourth-order valence-electron chi connectivity index (χ4n) is 3.39. The number of halogens is 1. The van der Waals surface area contributed by atoms with E-state index in [1.807, 2.05) is 18.5 Å². The molecule has 0 saturated carbocycles. The first-order valence-electron chi connectivity index (χ1n) is 8.44. The quantitative estimate of drug-likeness (QED) is 0.691. The predicted octanol–water partition coefficient (Wildman–Crippen LogP) is 5.37. The van der Waals surface area contributed by atoms with Gasteiger partial charge in [-0.05, 0) is 17.9 Å². The number of imidazole rings is 1. The molecule has 0 aliphatic rings. The summed E-state index contributed by atoms with van der Waals surface area (Å²) < 4.78 is 2.32. The van der Waals surface area contributed by atoms with E-state index in [1.54, 1.807) is 0 Å². The zero-order valence-electron chi connectivity index (χ0n) is 14.9. The summed E-state index contributed by atoms with van der Waals surface area (Å²) >= 11 is 0. The second kappa shape index (κ2) is 6.98. The summed E-state index contributed by atoms with van der Waals surface area (Å²) in [7, 11) is 0. The number of benzene rings is 1. The van der Waals surface area contributed by atoms with Crippen molar-refractivity contribution in [1.29, 1.82) is 0 Å². The molecule has 4 nitrogen and oxygen atoms in total. The Bertz CT molecular complexity index is 832. The van der Waals surface area contributed by atoms with Gasteiger partial charge in [-0.3, -0.25) is 0 Å². The topological polar surface area (TPSA) is 56.7 Å². The second-order valence-electron chi connectivity index (χ2n) is 7.39. The lowest BCUT2D eigenvalue weighted by atomic mass is 9.83. The van der Waals surface area contributed by atoms with Crippen molar-refractivity contribution in [1.82, 2.24) is 14.5 Å². The van der Waals surface area contributed by atoms with Gasteiger partial charge in [0, 0.05) is 11.4 Å². The Morgan fingerprint density at radius 2 is 1.92 bits per heavy atom. The molecule has 0 unspecified atom stereocenters. The smallest absolute Gasteiger partial charge is 0.152 e. The van der Waals surface area contributed by atoms with Crippen molar-refractivity contribution in [2.75, 3.05) is 5.73 Å². The van der Waals surface area contributed by atoms with E-state index in [-0.39, 0.29) is 17.8 Å². The van der Waals surface area contributed by atoms with E-state index in [1.165, 1.54) is 12.8 Å². The lowest BCUT2D eigenvalue weighted by Gasteiger charge is -2.32. The number of pyridine rings is 1. The summed E-state index contributed by atoms with van der Waals surface area (Å²) in [5.41, 5.74) is 9.17. The van der Waals surface area contributed by atoms with E-state index in [0.29, 0.717) is 11.9 Å². The van der Waals surface area contributed by atoms with E-state index in [0.717, 1.165) is 28.4 Å². The Hall–Kier alpha value is -1.81. The number of anilines is 1. The first kappa shape index (κ1) is 18.5. The summed E-state index contributed by atoms with van der Waals surface area (Å²) in [4.78, 5) is 9.09. The molecule has 0 radical (unpaired) electrons. The molecule has 0 aliphatic heterocycles. The van der Waals surface area contributed by atoms with Gasteiger partial charge >= 0.3 is 0 Å². The molecule has 5 heteroatoms. The lowest BCUT2D eigenvalue weighted by Crippen LogP contribution is -2.24. The van der Waals surface area contributed by atoms with E-state index >= 15 is 0 Å². The van der Waals surface area contributed by atoms with Gasteiger partial charge in [0.15, 0.2) is 5.82 Å². The molecule has 2 heterocycles. The third kappa shape index (κ3) is 3.20. The minimum Gasteiger partial charge on any atom is -0.382 e. The summed E-state index contributed by atoms with van der Waals surface area (Å²) in [6, 6.07) is 8.56. The molecule has 3 rings (SSSR count). The number of hydrogen-bond acceptors (Lipinski definition) is 3. The van der Waals surface area contributed by atoms with Crippen molar-refractivity contribution in [2.45, 2.75) is 53.0 Å². The van der Waals surface area contributed by atoms with Crippen LogP contribution < -0.4 is 5.73 Å². The fraction of sp³-hybridized carbons (Fsp3) is 0.474. The Morgan fingerprint density at radius 1 is 1.21 bits per heavy atom. The highest BCUT2D eigenvalue weighted by atomic mass is 35.5. The van der Waals surface area contributed by atoms with Gasteiger partial charge in [0.2, 0.25) is 0 Å². The number of nitrogens with two attached hydrogens (primary N) is 1. The first-order chi connectivity index (χ1) is 10.9. The van der Waals surface area contributed by atoms with E-state index in [4.69, 9.17) is 5.73 Å². The van der Waals surface area contributed by atoms with Crippen molar-refractivity contribution in [3.63, 3.8) is 0 Å². The molecule has 2 N–H and O–H groups in total. The molecule has 24 heavy (non-hydrogen) atoms.